The smallest absolute Gasteiger partial charge is 0.314 e. The summed E-state index contributed by atoms with van der Waals surface area (Å²) in [5.41, 5.74) is 3.48. The number of nitrogens with one attached hydrogen (secondary N) is 2. The molecule has 0 aliphatic carbocycles. The van der Waals surface area contributed by atoms with Crippen molar-refractivity contribution in [3.05, 3.63) is 71.3 Å². The third-order valence-electron chi connectivity index (χ3n) is 3.53. The molecule has 0 saturated carbocycles. The summed E-state index contributed by atoms with van der Waals surface area (Å²) in [4.78, 5) is 11.6. The van der Waals surface area contributed by atoms with Crippen molar-refractivity contribution in [2.45, 2.75) is 12.8 Å². The Hall–Kier alpha value is -2.36. The number of hydrogen-bond acceptors (Lipinski definition) is 1. The lowest BCUT2D eigenvalue weighted by molar-refractivity contribution is 0.239. The molecule has 2 rings (SSSR count). The van der Waals surface area contributed by atoms with Gasteiger partial charge in [0.1, 0.15) is 6.67 Å². The Morgan fingerprint density at radius 1 is 1.00 bits per heavy atom. The van der Waals surface area contributed by atoms with Crippen molar-refractivity contribution >= 4 is 6.03 Å². The van der Waals surface area contributed by atoms with Crippen LogP contribution in [0.5, 0.6) is 0 Å². The van der Waals surface area contributed by atoms with E-state index in [2.05, 4.69) is 34.9 Å². The summed E-state index contributed by atoms with van der Waals surface area (Å²) in [6.07, 6.45) is 0. The maximum atomic E-state index is 12.1. The van der Waals surface area contributed by atoms with E-state index in [4.69, 9.17) is 0 Å². The summed E-state index contributed by atoms with van der Waals surface area (Å²) in [7, 11) is 0. The van der Waals surface area contributed by atoms with Crippen LogP contribution in [0.2, 0.25) is 0 Å². The molecule has 1 atom stereocenters. The van der Waals surface area contributed by atoms with Gasteiger partial charge in [-0.2, -0.15) is 0 Å². The van der Waals surface area contributed by atoms with Crippen molar-refractivity contribution in [1.29, 1.82) is 0 Å². The van der Waals surface area contributed by atoms with E-state index in [0.717, 1.165) is 11.1 Å². The van der Waals surface area contributed by atoms with Crippen LogP contribution in [-0.4, -0.2) is 25.8 Å². The Kier molecular flexibility index (Phi) is 5.95. The van der Waals surface area contributed by atoms with Crippen molar-refractivity contribution in [1.82, 2.24) is 10.6 Å². The lowest BCUT2D eigenvalue weighted by Gasteiger charge is -2.19. The number of halogens is 1. The molecule has 2 N–H and O–H groups in total. The first-order valence-corrected chi connectivity index (χ1v) is 7.40. The van der Waals surface area contributed by atoms with Crippen LogP contribution in [0.4, 0.5) is 9.18 Å². The molecule has 0 spiro atoms. The lowest BCUT2D eigenvalue weighted by atomic mass is 9.91. The second kappa shape index (κ2) is 8.17. The molecule has 0 heterocycles. The standard InChI is InChI=1S/C18H21FN2O/c1-14-7-9-16(10-8-14)17(15-5-3-2-4-6-15)13-21-18(22)20-12-11-19/h2-10,17H,11-13H2,1H3,(H2,20,21,22). The monoisotopic (exact) mass is 300 g/mol. The van der Waals surface area contributed by atoms with Crippen molar-refractivity contribution in [2.24, 2.45) is 0 Å². The largest absolute Gasteiger partial charge is 0.337 e. The number of rotatable bonds is 6. The summed E-state index contributed by atoms with van der Waals surface area (Å²) in [5.74, 6) is 0.0675. The van der Waals surface area contributed by atoms with Gasteiger partial charge in [-0.25, -0.2) is 9.18 Å². The average Bonchev–Trinajstić information content (AvgIpc) is 2.55. The summed E-state index contributed by atoms with van der Waals surface area (Å²) in [5, 5.41) is 5.29. The lowest BCUT2D eigenvalue weighted by Crippen LogP contribution is -2.38. The number of amides is 2. The topological polar surface area (TPSA) is 41.1 Å². The Bertz CT molecular complexity index is 584. The Labute approximate surface area is 130 Å². The van der Waals surface area contributed by atoms with Crippen LogP contribution in [0.15, 0.2) is 54.6 Å². The molecule has 116 valence electrons. The van der Waals surface area contributed by atoms with Gasteiger partial charge in [0.2, 0.25) is 0 Å². The minimum absolute atomic E-state index is 0.0341. The maximum Gasteiger partial charge on any atom is 0.314 e. The molecular formula is C18H21FN2O. The number of carbonyl (C=O) groups excluding carboxylic acids is 1. The molecule has 1 unspecified atom stereocenters. The first-order chi connectivity index (χ1) is 10.7. The van der Waals surface area contributed by atoms with E-state index in [1.54, 1.807) is 0 Å². The van der Waals surface area contributed by atoms with Gasteiger partial charge in [-0.05, 0) is 18.1 Å². The molecule has 2 aromatic carbocycles. The third kappa shape index (κ3) is 4.58. The molecular weight excluding hydrogens is 279 g/mol. The van der Waals surface area contributed by atoms with Crippen LogP contribution >= 0.6 is 0 Å². The molecule has 0 bridgehead atoms. The molecule has 3 nitrogen and oxygen atoms in total. The quantitative estimate of drug-likeness (QED) is 0.843. The Morgan fingerprint density at radius 3 is 2.27 bits per heavy atom. The van der Waals surface area contributed by atoms with E-state index in [1.165, 1.54) is 5.56 Å². The highest BCUT2D eigenvalue weighted by Gasteiger charge is 2.15. The zero-order chi connectivity index (χ0) is 15.8. The molecule has 2 aromatic rings. The fourth-order valence-corrected chi connectivity index (χ4v) is 2.33. The molecule has 0 radical (unpaired) electrons. The second-order valence-electron chi connectivity index (χ2n) is 5.20. The van der Waals surface area contributed by atoms with Crippen LogP contribution in [0.1, 0.15) is 22.6 Å². The molecule has 0 aliphatic heterocycles. The van der Waals surface area contributed by atoms with E-state index in [-0.39, 0.29) is 18.5 Å². The van der Waals surface area contributed by atoms with Gasteiger partial charge in [0, 0.05) is 19.0 Å². The minimum atomic E-state index is -0.562. The van der Waals surface area contributed by atoms with Crippen LogP contribution in [0.25, 0.3) is 0 Å². The van der Waals surface area contributed by atoms with Crippen LogP contribution in [0.3, 0.4) is 0 Å². The number of benzene rings is 2. The first kappa shape index (κ1) is 16.0. The highest BCUT2D eigenvalue weighted by atomic mass is 19.1. The van der Waals surface area contributed by atoms with Crippen molar-refractivity contribution < 1.29 is 9.18 Å². The summed E-state index contributed by atoms with van der Waals surface area (Å²) < 4.78 is 12.1. The highest BCUT2D eigenvalue weighted by Crippen LogP contribution is 2.24. The number of alkyl halides is 1. The van der Waals surface area contributed by atoms with Crippen molar-refractivity contribution in [3.8, 4) is 0 Å². The minimum Gasteiger partial charge on any atom is -0.337 e. The van der Waals surface area contributed by atoms with E-state index in [9.17, 15) is 9.18 Å². The van der Waals surface area contributed by atoms with Gasteiger partial charge in [-0.1, -0.05) is 60.2 Å². The first-order valence-electron chi connectivity index (χ1n) is 7.40. The number of carbonyl (C=O) groups is 1. The fourth-order valence-electron chi connectivity index (χ4n) is 2.33. The van der Waals surface area contributed by atoms with Gasteiger partial charge in [-0.15, -0.1) is 0 Å². The summed E-state index contributed by atoms with van der Waals surface area (Å²) >= 11 is 0. The second-order valence-corrected chi connectivity index (χ2v) is 5.20. The van der Waals surface area contributed by atoms with Gasteiger partial charge < -0.3 is 10.6 Å². The predicted molar refractivity (Wildman–Crippen MR) is 86.8 cm³/mol. The third-order valence-corrected chi connectivity index (χ3v) is 3.53. The van der Waals surface area contributed by atoms with E-state index in [1.807, 2.05) is 37.3 Å². The SMILES string of the molecule is Cc1ccc(C(CNC(=O)NCCF)c2ccccc2)cc1. The molecule has 0 saturated heterocycles. The molecule has 4 heteroatoms. The normalized spacial score (nSPS) is 11.7. The molecule has 0 aliphatic rings. The van der Waals surface area contributed by atoms with Gasteiger partial charge in [0.15, 0.2) is 0 Å². The Balaban J connectivity index is 2.12. The number of hydrogen-bond donors (Lipinski definition) is 2. The molecule has 0 aromatic heterocycles. The fraction of sp³-hybridized carbons (Fsp3) is 0.278. The highest BCUT2D eigenvalue weighted by molar-refractivity contribution is 5.73. The van der Waals surface area contributed by atoms with Crippen molar-refractivity contribution in [3.63, 3.8) is 0 Å². The van der Waals surface area contributed by atoms with Gasteiger partial charge in [-0.3, -0.25) is 0 Å². The molecule has 0 fully saturated rings. The van der Waals surface area contributed by atoms with Gasteiger partial charge >= 0.3 is 6.03 Å². The summed E-state index contributed by atoms with van der Waals surface area (Å²) in [6.45, 7) is 1.98. The van der Waals surface area contributed by atoms with E-state index >= 15 is 0 Å². The van der Waals surface area contributed by atoms with Crippen LogP contribution in [-0.2, 0) is 0 Å². The maximum absolute atomic E-state index is 12.1. The zero-order valence-electron chi connectivity index (χ0n) is 12.7. The summed E-state index contributed by atoms with van der Waals surface area (Å²) in [6, 6.07) is 18.0. The average molecular weight is 300 g/mol. The molecule has 2 amide bonds. The van der Waals surface area contributed by atoms with Crippen LogP contribution in [0, 0.1) is 6.92 Å². The Morgan fingerprint density at radius 2 is 1.64 bits per heavy atom. The van der Waals surface area contributed by atoms with Crippen molar-refractivity contribution in [2.75, 3.05) is 19.8 Å². The van der Waals surface area contributed by atoms with E-state index in [0.29, 0.717) is 6.54 Å². The number of urea groups is 1. The predicted octanol–water partition coefficient (Wildman–Crippen LogP) is 3.40. The van der Waals surface area contributed by atoms with Gasteiger partial charge in [0.25, 0.3) is 0 Å². The number of aryl methyl sites for hydroxylation is 1. The van der Waals surface area contributed by atoms with Gasteiger partial charge in [0.05, 0.1) is 0 Å². The van der Waals surface area contributed by atoms with E-state index < -0.39 is 6.67 Å². The van der Waals surface area contributed by atoms with Crippen LogP contribution < -0.4 is 10.6 Å². The molecule has 22 heavy (non-hydrogen) atoms. The zero-order valence-corrected chi connectivity index (χ0v) is 12.7.